The molecule has 1 aromatic heterocycles. The molecule has 4 N–H and O–H groups in total. The molecule has 2 aliphatic rings. The summed E-state index contributed by atoms with van der Waals surface area (Å²) in [6.07, 6.45) is 6.64. The molecule has 40 heavy (non-hydrogen) atoms. The number of hydrogen-bond donors (Lipinski definition) is 3. The molecule has 0 fully saturated rings. The number of hydrogen-bond acceptors (Lipinski definition) is 8. The molecule has 0 radical (unpaired) electrons. The van der Waals surface area contributed by atoms with Gasteiger partial charge in [0.2, 0.25) is 3.68 Å². The van der Waals surface area contributed by atoms with E-state index in [1.54, 1.807) is 34.7 Å². The summed E-state index contributed by atoms with van der Waals surface area (Å²) < 4.78 is 49.0. The van der Waals surface area contributed by atoms with Gasteiger partial charge in [0.1, 0.15) is 27.5 Å². The third-order valence-corrected chi connectivity index (χ3v) is 8.61. The van der Waals surface area contributed by atoms with Crippen LogP contribution in [0.3, 0.4) is 0 Å². The average Bonchev–Trinajstić information content (AvgIpc) is 3.39. The molecule has 3 unspecified atom stereocenters. The maximum atomic E-state index is 15.9. The van der Waals surface area contributed by atoms with Gasteiger partial charge in [-0.3, -0.25) is 5.73 Å². The molecule has 0 saturated carbocycles. The quantitative estimate of drug-likeness (QED) is 0.160. The Labute approximate surface area is 246 Å². The number of ether oxygens (including phenoxy) is 1. The second-order valence-corrected chi connectivity index (χ2v) is 13.7. The van der Waals surface area contributed by atoms with E-state index in [-0.39, 0.29) is 12.4 Å². The minimum absolute atomic E-state index is 0.0516. The van der Waals surface area contributed by atoms with Crippen molar-refractivity contribution in [1.29, 1.82) is 0 Å². The lowest BCUT2D eigenvalue weighted by Crippen LogP contribution is -2.49. The Balaban J connectivity index is 1.41. The van der Waals surface area contributed by atoms with E-state index < -0.39 is 25.3 Å². The van der Waals surface area contributed by atoms with E-state index in [0.29, 0.717) is 35.7 Å². The Morgan fingerprint density at radius 1 is 1.20 bits per heavy atom. The van der Waals surface area contributed by atoms with Crippen LogP contribution in [0.15, 0.2) is 93.9 Å². The molecule has 0 amide bonds. The minimum Gasteiger partial charge on any atom is -0.460 e. The molecule has 210 valence electrons. The van der Waals surface area contributed by atoms with Gasteiger partial charge in [0.05, 0.1) is 25.2 Å². The summed E-state index contributed by atoms with van der Waals surface area (Å²) in [5.41, 5.74) is 9.20. The lowest BCUT2D eigenvalue weighted by Gasteiger charge is -2.40. The molecule has 11 heteroatoms. The fraction of sp³-hybridized carbons (Fsp3) is 0.276. The number of furan rings is 1. The van der Waals surface area contributed by atoms with Gasteiger partial charge in [-0.1, -0.05) is 42.5 Å². The summed E-state index contributed by atoms with van der Waals surface area (Å²) in [5, 5.41) is 6.22. The van der Waals surface area contributed by atoms with E-state index in [4.69, 9.17) is 14.9 Å². The van der Waals surface area contributed by atoms with Crippen LogP contribution in [-0.4, -0.2) is 43.1 Å². The molecule has 0 saturated heterocycles. The number of nitrogens with one attached hydrogen (secondary N) is 2. The Kier molecular flexibility index (Phi) is 8.30. The van der Waals surface area contributed by atoms with Gasteiger partial charge in [-0.2, -0.15) is 0 Å². The first-order valence-corrected chi connectivity index (χ1v) is 15.8. The van der Waals surface area contributed by atoms with Gasteiger partial charge in [-0.25, -0.2) is 17.8 Å². The first-order chi connectivity index (χ1) is 19.1. The molecule has 3 atom stereocenters. The highest BCUT2D eigenvalue weighted by molar-refractivity contribution is 14.1. The molecule has 2 heterocycles. The minimum atomic E-state index is -3.04. The van der Waals surface area contributed by atoms with Crippen LogP contribution in [0, 0.1) is 0 Å². The zero-order valence-electron chi connectivity index (χ0n) is 21.8. The standard InChI is InChI=1S/C29H30FIN4O4S/c1-40(36,37)15-14-33-17-22-10-12-26(39-22)21-9-11-25-24(16-21)29(32,35-19-34-25)23-8-5-13-28(30,31)27(23)38-18-20-6-3-2-4-7-20/h2-13,16,19,27,33H,14-15,17-18,32H2,1H3,(H,34,35). The number of benzene rings is 2. The average molecular weight is 677 g/mol. The van der Waals surface area contributed by atoms with E-state index in [1.165, 1.54) is 18.7 Å². The van der Waals surface area contributed by atoms with E-state index in [2.05, 4.69) is 15.6 Å². The highest BCUT2D eigenvalue weighted by Gasteiger charge is 2.48. The van der Waals surface area contributed by atoms with Gasteiger partial charge in [-0.15, -0.1) is 0 Å². The van der Waals surface area contributed by atoms with Crippen LogP contribution in [0.2, 0.25) is 0 Å². The number of fused-ring (bicyclic) bond motifs is 1. The van der Waals surface area contributed by atoms with Crippen LogP contribution in [0.25, 0.3) is 11.3 Å². The number of alkyl halides is 2. The third-order valence-electron chi connectivity index (χ3n) is 6.74. The van der Waals surface area contributed by atoms with Crippen molar-refractivity contribution >= 4 is 44.5 Å². The predicted octanol–water partition coefficient (Wildman–Crippen LogP) is 4.83. The van der Waals surface area contributed by atoms with Gasteiger partial charge >= 0.3 is 0 Å². The number of nitrogens with zero attached hydrogens (tertiary/aromatic N) is 1. The molecular weight excluding hydrogens is 646 g/mol. The number of rotatable bonds is 10. The van der Waals surface area contributed by atoms with Gasteiger partial charge in [-0.05, 0) is 64.6 Å². The Morgan fingerprint density at radius 3 is 2.77 bits per heavy atom. The van der Waals surface area contributed by atoms with Gasteiger partial charge in [0.15, 0.2) is 5.66 Å². The number of halogens is 2. The summed E-state index contributed by atoms with van der Waals surface area (Å²) in [7, 11) is -3.04. The molecule has 1 aliphatic heterocycles. The molecule has 1 aliphatic carbocycles. The normalized spacial score (nSPS) is 23.9. The Bertz CT molecular complexity index is 1570. The molecule has 2 aromatic carbocycles. The summed E-state index contributed by atoms with van der Waals surface area (Å²) >= 11 is 1.75. The smallest absolute Gasteiger partial charge is 0.209 e. The topological polar surface area (TPSA) is 119 Å². The van der Waals surface area contributed by atoms with Crippen molar-refractivity contribution < 1.29 is 22.0 Å². The molecule has 0 spiro atoms. The highest BCUT2D eigenvalue weighted by atomic mass is 127. The summed E-state index contributed by atoms with van der Waals surface area (Å²) in [6, 6.07) is 19.0. The van der Waals surface area contributed by atoms with Crippen molar-refractivity contribution in [3.63, 3.8) is 0 Å². The third kappa shape index (κ3) is 6.39. The van der Waals surface area contributed by atoms with Gasteiger partial charge < -0.3 is 19.8 Å². The maximum Gasteiger partial charge on any atom is 0.209 e. The lowest BCUT2D eigenvalue weighted by molar-refractivity contribution is 0.0106. The number of sulfone groups is 1. The zero-order valence-corrected chi connectivity index (χ0v) is 24.8. The predicted molar refractivity (Wildman–Crippen MR) is 164 cm³/mol. The number of nitrogens with two attached hydrogens (primary N) is 1. The first-order valence-electron chi connectivity index (χ1n) is 12.7. The Hall–Kier alpha value is -2.84. The van der Waals surface area contributed by atoms with Crippen molar-refractivity contribution in [2.45, 2.75) is 28.6 Å². The largest absolute Gasteiger partial charge is 0.460 e. The van der Waals surface area contributed by atoms with E-state index in [1.807, 2.05) is 60.7 Å². The fourth-order valence-electron chi connectivity index (χ4n) is 4.68. The summed E-state index contributed by atoms with van der Waals surface area (Å²) in [5.74, 6) is 1.33. The number of allylic oxidation sites excluding steroid dienone is 2. The van der Waals surface area contributed by atoms with Crippen LogP contribution in [0.4, 0.5) is 10.1 Å². The number of aliphatic imine (C=N–C) groups is 1. The van der Waals surface area contributed by atoms with Crippen LogP contribution in [-0.2, 0) is 33.4 Å². The van der Waals surface area contributed by atoms with Gasteiger partial charge in [0.25, 0.3) is 0 Å². The Morgan fingerprint density at radius 2 is 2.00 bits per heavy atom. The van der Waals surface area contributed by atoms with Crippen LogP contribution >= 0.6 is 22.6 Å². The van der Waals surface area contributed by atoms with E-state index >= 15 is 4.39 Å². The SMILES string of the molecule is CS(=O)(=O)CCNCc1ccc(-c2ccc3c(c2)C(N)(C2=CC=CC(F)(I)C2OCc2ccccc2)N=CN3)o1. The maximum absolute atomic E-state index is 15.9. The van der Waals surface area contributed by atoms with Gasteiger partial charge in [0, 0.05) is 35.2 Å². The molecular formula is C29H30FIN4O4S. The van der Waals surface area contributed by atoms with Crippen LogP contribution < -0.4 is 16.4 Å². The summed E-state index contributed by atoms with van der Waals surface area (Å²) in [6.45, 7) is 0.932. The molecule has 3 aromatic rings. The van der Waals surface area contributed by atoms with E-state index in [0.717, 1.165) is 16.8 Å². The van der Waals surface area contributed by atoms with Crippen molar-refractivity contribution in [2.24, 2.45) is 10.7 Å². The van der Waals surface area contributed by atoms with E-state index in [9.17, 15) is 8.42 Å². The van der Waals surface area contributed by atoms with Crippen LogP contribution in [0.5, 0.6) is 0 Å². The fourth-order valence-corrected chi connectivity index (χ4v) is 5.92. The van der Waals surface area contributed by atoms with Crippen LogP contribution in [0.1, 0.15) is 16.9 Å². The molecule has 0 bridgehead atoms. The number of anilines is 1. The van der Waals surface area contributed by atoms with Crippen molar-refractivity contribution in [1.82, 2.24) is 5.32 Å². The zero-order chi connectivity index (χ0) is 28.4. The lowest BCUT2D eigenvalue weighted by atomic mass is 9.82. The first kappa shape index (κ1) is 28.7. The van der Waals surface area contributed by atoms with Crippen molar-refractivity contribution in [3.05, 3.63) is 101 Å². The van der Waals surface area contributed by atoms with Crippen molar-refractivity contribution in [3.8, 4) is 11.3 Å². The second kappa shape index (κ2) is 11.6. The summed E-state index contributed by atoms with van der Waals surface area (Å²) in [4.78, 5) is 4.61. The molecule has 5 rings (SSSR count). The second-order valence-electron chi connectivity index (χ2n) is 9.83. The highest BCUT2D eigenvalue weighted by Crippen LogP contribution is 2.46. The molecule has 8 nitrogen and oxygen atoms in total. The van der Waals surface area contributed by atoms with Crippen molar-refractivity contribution in [2.75, 3.05) is 23.9 Å². The monoisotopic (exact) mass is 676 g/mol.